The summed E-state index contributed by atoms with van der Waals surface area (Å²) >= 11 is 0. The van der Waals surface area contributed by atoms with E-state index >= 15 is 0 Å². The Hall–Kier alpha value is -1.30. The van der Waals surface area contributed by atoms with E-state index in [-0.39, 0.29) is 12.6 Å². The first-order valence-corrected chi connectivity index (χ1v) is 6.52. The van der Waals surface area contributed by atoms with Crippen LogP contribution in [0.1, 0.15) is 32.6 Å². The number of β-amino-alcohol motifs (C(OH)–C–C–N with tert-alkyl or cyclic N) is 1. The second kappa shape index (κ2) is 5.14. The molecule has 18 heavy (non-hydrogen) atoms. The molecule has 0 spiro atoms. The fraction of sp³-hybridized carbons (Fsp3) is 0.833. The predicted octanol–water partition coefficient (Wildman–Crippen LogP) is 0.960. The minimum absolute atomic E-state index is 0.125. The lowest BCUT2D eigenvalue weighted by Crippen LogP contribution is -2.49. The number of aliphatic hydroxyl groups excluding tert-OH is 1. The number of likely N-dealkylation sites (N-methyl/N-ethyl adjacent to an activating group) is 1. The molecule has 2 rings (SSSR count). The molecule has 2 fully saturated rings. The van der Waals surface area contributed by atoms with Gasteiger partial charge in [-0.2, -0.15) is 0 Å². The summed E-state index contributed by atoms with van der Waals surface area (Å²) in [7, 11) is 1.57. The number of nitrogens with one attached hydrogen (secondary N) is 1. The Bertz CT molecular complexity index is 339. The summed E-state index contributed by atoms with van der Waals surface area (Å²) in [5, 5.41) is 12.5. The van der Waals surface area contributed by atoms with Gasteiger partial charge >= 0.3 is 12.1 Å². The average Bonchev–Trinajstić information content (AvgIpc) is 2.56. The van der Waals surface area contributed by atoms with Crippen molar-refractivity contribution in [3.63, 3.8) is 0 Å². The number of urea groups is 2. The predicted molar refractivity (Wildman–Crippen MR) is 65.8 cm³/mol. The molecule has 6 heteroatoms. The van der Waals surface area contributed by atoms with Gasteiger partial charge in [0.2, 0.25) is 0 Å². The Morgan fingerprint density at radius 2 is 1.94 bits per heavy atom. The fourth-order valence-corrected chi connectivity index (χ4v) is 2.59. The van der Waals surface area contributed by atoms with Crippen molar-refractivity contribution in [3.8, 4) is 0 Å². The van der Waals surface area contributed by atoms with Crippen molar-refractivity contribution in [2.24, 2.45) is 5.92 Å². The number of aliphatic hydroxyl groups is 1. The van der Waals surface area contributed by atoms with E-state index in [2.05, 4.69) is 12.2 Å². The van der Waals surface area contributed by atoms with Crippen LogP contribution in [0.4, 0.5) is 9.59 Å². The molecule has 102 valence electrons. The molecular weight excluding hydrogens is 234 g/mol. The first-order valence-electron chi connectivity index (χ1n) is 6.52. The molecule has 4 amide bonds. The van der Waals surface area contributed by atoms with Crippen LogP contribution in [-0.2, 0) is 0 Å². The third-order valence-corrected chi connectivity index (χ3v) is 3.83. The second-order valence-electron chi connectivity index (χ2n) is 5.42. The maximum absolute atomic E-state index is 12.0. The number of rotatable bonds is 1. The summed E-state index contributed by atoms with van der Waals surface area (Å²) < 4.78 is 0. The van der Waals surface area contributed by atoms with Gasteiger partial charge in [0.1, 0.15) is 0 Å². The van der Waals surface area contributed by atoms with Crippen LogP contribution in [-0.4, -0.2) is 52.8 Å². The number of nitrogens with zero attached hydrogens (tertiary/aromatic N) is 2. The molecular formula is C12H21N3O3. The number of amides is 4. The van der Waals surface area contributed by atoms with E-state index in [0.29, 0.717) is 5.92 Å². The molecule has 0 aromatic heterocycles. The van der Waals surface area contributed by atoms with Crippen LogP contribution < -0.4 is 5.32 Å². The van der Waals surface area contributed by atoms with Gasteiger partial charge in [-0.25, -0.2) is 14.5 Å². The molecule has 0 aromatic carbocycles. The third kappa shape index (κ3) is 2.58. The highest BCUT2D eigenvalue weighted by molar-refractivity contribution is 5.95. The van der Waals surface area contributed by atoms with Crippen molar-refractivity contribution in [1.82, 2.24) is 15.1 Å². The first-order chi connectivity index (χ1) is 8.49. The minimum atomic E-state index is -1.04. The number of imide groups is 1. The molecule has 6 nitrogen and oxygen atoms in total. The Morgan fingerprint density at radius 1 is 1.33 bits per heavy atom. The third-order valence-electron chi connectivity index (χ3n) is 3.83. The molecule has 2 N–H and O–H groups in total. The normalized spacial score (nSPS) is 32.8. The Labute approximate surface area is 107 Å². The second-order valence-corrected chi connectivity index (χ2v) is 5.42. The summed E-state index contributed by atoms with van der Waals surface area (Å²) in [6.07, 6.45) is 3.05. The lowest BCUT2D eigenvalue weighted by Gasteiger charge is -2.28. The van der Waals surface area contributed by atoms with Gasteiger partial charge in [0.15, 0.2) is 6.23 Å². The maximum Gasteiger partial charge on any atom is 0.330 e. The first kappa shape index (κ1) is 13.1. The Balaban J connectivity index is 1.90. The molecule has 1 atom stereocenters. The summed E-state index contributed by atoms with van der Waals surface area (Å²) in [4.78, 5) is 25.9. The monoisotopic (exact) mass is 255 g/mol. The van der Waals surface area contributed by atoms with Crippen molar-refractivity contribution >= 4 is 12.1 Å². The van der Waals surface area contributed by atoms with E-state index in [1.807, 2.05) is 0 Å². The highest BCUT2D eigenvalue weighted by Crippen LogP contribution is 2.24. The van der Waals surface area contributed by atoms with Crippen molar-refractivity contribution < 1.29 is 14.7 Å². The zero-order chi connectivity index (χ0) is 13.3. The number of carbonyl (C=O) groups excluding carboxylic acids is 2. The molecule has 0 radical (unpaired) electrons. The summed E-state index contributed by atoms with van der Waals surface area (Å²) in [5.74, 6) is 0.711. The van der Waals surface area contributed by atoms with Crippen LogP contribution in [0.25, 0.3) is 0 Å². The van der Waals surface area contributed by atoms with Crippen LogP contribution in [0.3, 0.4) is 0 Å². The standard InChI is InChI=1S/C12H21N3O3/c1-8-3-5-9(6-4-8)13-11(17)15-10(16)7-14(2)12(15)18/h8-10,16H,3-7H2,1-2H3,(H,13,17). The van der Waals surface area contributed by atoms with Gasteiger partial charge in [0, 0.05) is 13.1 Å². The largest absolute Gasteiger partial charge is 0.371 e. The quantitative estimate of drug-likeness (QED) is 0.733. The lowest BCUT2D eigenvalue weighted by molar-refractivity contribution is 0.0790. The van der Waals surface area contributed by atoms with E-state index in [9.17, 15) is 14.7 Å². The molecule has 1 saturated heterocycles. The fourth-order valence-electron chi connectivity index (χ4n) is 2.59. The van der Waals surface area contributed by atoms with Crippen molar-refractivity contribution in [3.05, 3.63) is 0 Å². The SMILES string of the molecule is CC1CCC(NC(=O)N2C(=O)N(C)CC2O)CC1. The summed E-state index contributed by atoms with van der Waals surface area (Å²) in [5.41, 5.74) is 0. The average molecular weight is 255 g/mol. The maximum atomic E-state index is 12.0. The van der Waals surface area contributed by atoms with Crippen molar-refractivity contribution in [1.29, 1.82) is 0 Å². The van der Waals surface area contributed by atoms with Gasteiger partial charge in [0.25, 0.3) is 0 Å². The number of hydrogen-bond donors (Lipinski definition) is 2. The van der Waals surface area contributed by atoms with Gasteiger partial charge < -0.3 is 15.3 Å². The van der Waals surface area contributed by atoms with E-state index in [0.717, 1.165) is 30.6 Å². The van der Waals surface area contributed by atoms with Crippen LogP contribution in [0, 0.1) is 5.92 Å². The van der Waals surface area contributed by atoms with E-state index in [1.54, 1.807) is 7.05 Å². The van der Waals surface area contributed by atoms with Crippen LogP contribution in [0.5, 0.6) is 0 Å². The van der Waals surface area contributed by atoms with Crippen LogP contribution in [0.15, 0.2) is 0 Å². The van der Waals surface area contributed by atoms with E-state index < -0.39 is 18.3 Å². The zero-order valence-electron chi connectivity index (χ0n) is 10.9. The molecule has 1 heterocycles. The van der Waals surface area contributed by atoms with E-state index in [4.69, 9.17) is 0 Å². The van der Waals surface area contributed by atoms with Gasteiger partial charge in [-0.1, -0.05) is 6.92 Å². The topological polar surface area (TPSA) is 72.9 Å². The van der Waals surface area contributed by atoms with Gasteiger partial charge in [-0.15, -0.1) is 0 Å². The van der Waals surface area contributed by atoms with Crippen LogP contribution >= 0.6 is 0 Å². The van der Waals surface area contributed by atoms with Gasteiger partial charge in [-0.3, -0.25) is 0 Å². The molecule has 2 aliphatic rings. The van der Waals surface area contributed by atoms with Crippen LogP contribution in [0.2, 0.25) is 0 Å². The van der Waals surface area contributed by atoms with E-state index in [1.165, 1.54) is 4.90 Å². The molecule has 0 aromatic rings. The molecule has 1 unspecified atom stereocenters. The highest BCUT2D eigenvalue weighted by Gasteiger charge is 2.39. The molecule has 1 aliphatic carbocycles. The molecule has 1 aliphatic heterocycles. The molecule has 0 bridgehead atoms. The van der Waals surface area contributed by atoms with Gasteiger partial charge in [-0.05, 0) is 31.6 Å². The van der Waals surface area contributed by atoms with Crippen molar-refractivity contribution in [2.75, 3.05) is 13.6 Å². The smallest absolute Gasteiger partial charge is 0.330 e. The van der Waals surface area contributed by atoms with Gasteiger partial charge in [0.05, 0.1) is 6.54 Å². The molecule has 1 saturated carbocycles. The lowest BCUT2D eigenvalue weighted by atomic mass is 9.87. The number of carbonyl (C=O) groups is 2. The highest BCUT2D eigenvalue weighted by atomic mass is 16.3. The Morgan fingerprint density at radius 3 is 2.44 bits per heavy atom. The zero-order valence-corrected chi connectivity index (χ0v) is 10.9. The Kier molecular flexibility index (Phi) is 3.75. The minimum Gasteiger partial charge on any atom is -0.371 e. The van der Waals surface area contributed by atoms with Crippen molar-refractivity contribution in [2.45, 2.75) is 44.9 Å². The summed E-state index contributed by atoms with van der Waals surface area (Å²) in [6.45, 7) is 2.38. The summed E-state index contributed by atoms with van der Waals surface area (Å²) in [6, 6.07) is -0.791. The number of hydrogen-bond acceptors (Lipinski definition) is 3.